The van der Waals surface area contributed by atoms with E-state index in [1.165, 1.54) is 31.3 Å². The predicted molar refractivity (Wildman–Crippen MR) is 140 cm³/mol. The normalized spacial score (nSPS) is 24.2. The number of rotatable bonds is 10. The number of ketones is 1. The van der Waals surface area contributed by atoms with Crippen LogP contribution in [-0.4, -0.2) is 47.2 Å². The lowest BCUT2D eigenvalue weighted by atomic mass is 10.1. The Labute approximate surface area is 230 Å². The van der Waals surface area contributed by atoms with Gasteiger partial charge in [0.05, 0.1) is 32.3 Å². The van der Waals surface area contributed by atoms with Gasteiger partial charge in [0, 0.05) is 24.6 Å². The second kappa shape index (κ2) is 12.4. The molecular formula is C24H26BrN2O11P. The number of nitrogens with one attached hydrogen (secondary N) is 1. The van der Waals surface area contributed by atoms with E-state index in [0.29, 0.717) is 17.1 Å². The zero-order valence-electron chi connectivity index (χ0n) is 21.0. The Morgan fingerprint density at radius 1 is 1.28 bits per heavy atom. The third-order valence-corrected chi connectivity index (χ3v) is 7.54. The van der Waals surface area contributed by atoms with Crippen molar-refractivity contribution in [3.63, 3.8) is 0 Å². The van der Waals surface area contributed by atoms with Crippen molar-refractivity contribution in [2.75, 3.05) is 13.7 Å². The van der Waals surface area contributed by atoms with Gasteiger partial charge in [-0.05, 0) is 36.2 Å². The first kappa shape index (κ1) is 29.0. The zero-order valence-corrected chi connectivity index (χ0v) is 23.5. The summed E-state index contributed by atoms with van der Waals surface area (Å²) in [5.74, 6) is 0.0451. The number of phosphoric ester groups is 1. The third kappa shape index (κ3) is 7.14. The average molecular weight is 629 g/mol. The van der Waals surface area contributed by atoms with Crippen LogP contribution in [0.25, 0.3) is 6.08 Å². The molecule has 13 nitrogen and oxygen atoms in total. The number of carbonyl (C=O) groups is 2. The SMILES string of the molecule is COc1ccc2c(c1)COP(=O)(OC[C@H]1O[C@@H](n3cc(/C=C/Br)c(=O)[nH]c3=O)C[C@@H]1OC(=O)CCC(C)=O)O2. The van der Waals surface area contributed by atoms with Crippen molar-refractivity contribution < 1.29 is 41.9 Å². The molecule has 2 aliphatic rings. The number of carbonyl (C=O) groups excluding carboxylic acids is 2. The van der Waals surface area contributed by atoms with E-state index >= 15 is 0 Å². The van der Waals surface area contributed by atoms with Gasteiger partial charge in [0.1, 0.15) is 35.7 Å². The van der Waals surface area contributed by atoms with Crippen LogP contribution in [0.5, 0.6) is 11.5 Å². The average Bonchev–Trinajstić information content (AvgIpc) is 3.29. The van der Waals surface area contributed by atoms with Gasteiger partial charge in [-0.15, -0.1) is 0 Å². The van der Waals surface area contributed by atoms with Crippen molar-refractivity contribution in [1.29, 1.82) is 0 Å². The summed E-state index contributed by atoms with van der Waals surface area (Å²) >= 11 is 3.09. The highest BCUT2D eigenvalue weighted by atomic mass is 79.9. The molecule has 2 aromatic rings. The van der Waals surface area contributed by atoms with E-state index in [1.807, 2.05) is 0 Å². The Morgan fingerprint density at radius 2 is 2.08 bits per heavy atom. The van der Waals surface area contributed by atoms with Gasteiger partial charge in [0.2, 0.25) is 0 Å². The second-order valence-corrected chi connectivity index (χ2v) is 10.8. The van der Waals surface area contributed by atoms with Gasteiger partial charge in [-0.25, -0.2) is 9.36 Å². The molecule has 4 rings (SSSR count). The number of Topliss-reactive ketones (excluding diaryl/α,β-unsaturated/α-hetero) is 1. The standard InChI is InChI=1S/C24H26BrN2O11P/c1-14(28)3-6-22(29)37-19-10-21(27-11-15(7-8-25)23(30)26-24(27)31)36-20(19)13-35-39(32)34-12-16-9-17(33-2)4-5-18(16)38-39/h4-5,7-9,11,19-21H,3,6,10,12-13H2,1-2H3,(H,26,30,31)/b8-7+/t19-,20+,21+,39?/m0/s1. The molecule has 2 aliphatic heterocycles. The number of H-pyrrole nitrogens is 1. The molecule has 1 saturated heterocycles. The van der Waals surface area contributed by atoms with E-state index in [2.05, 4.69) is 20.9 Å². The Balaban J connectivity index is 1.51. The first-order valence-corrected chi connectivity index (χ1v) is 14.2. The van der Waals surface area contributed by atoms with Crippen LogP contribution in [0.4, 0.5) is 0 Å². The lowest BCUT2D eigenvalue weighted by molar-refractivity contribution is -0.153. The van der Waals surface area contributed by atoms with Gasteiger partial charge in [0.15, 0.2) is 0 Å². The van der Waals surface area contributed by atoms with Crippen LogP contribution >= 0.6 is 23.8 Å². The minimum Gasteiger partial charge on any atom is -0.497 e. The molecule has 3 heterocycles. The van der Waals surface area contributed by atoms with Crippen LogP contribution in [0.2, 0.25) is 0 Å². The molecule has 1 aromatic heterocycles. The highest BCUT2D eigenvalue weighted by molar-refractivity contribution is 9.11. The van der Waals surface area contributed by atoms with Crippen molar-refractivity contribution >= 4 is 41.6 Å². The minimum atomic E-state index is -4.07. The number of hydrogen-bond acceptors (Lipinski definition) is 11. The fourth-order valence-electron chi connectivity index (χ4n) is 3.96. The number of esters is 1. The van der Waals surface area contributed by atoms with Crippen LogP contribution in [0.1, 0.15) is 43.5 Å². The number of phosphoric acid groups is 1. The molecule has 4 atom stereocenters. The molecule has 0 saturated carbocycles. The summed E-state index contributed by atoms with van der Waals surface area (Å²) < 4.78 is 47.4. The maximum atomic E-state index is 13.2. The summed E-state index contributed by atoms with van der Waals surface area (Å²) in [7, 11) is -2.56. The molecule has 0 spiro atoms. The van der Waals surface area contributed by atoms with E-state index < -0.39 is 43.5 Å². The number of fused-ring (bicyclic) bond motifs is 1. The topological polar surface area (TPSA) is 161 Å². The third-order valence-electron chi connectivity index (χ3n) is 5.95. The number of halogens is 1. The van der Waals surface area contributed by atoms with Crippen molar-refractivity contribution in [2.24, 2.45) is 0 Å². The molecule has 0 aliphatic carbocycles. The van der Waals surface area contributed by atoms with Gasteiger partial charge in [-0.3, -0.25) is 28.2 Å². The Kier molecular flexibility index (Phi) is 9.23. The first-order valence-electron chi connectivity index (χ1n) is 11.8. The van der Waals surface area contributed by atoms with Gasteiger partial charge in [-0.2, -0.15) is 0 Å². The summed E-state index contributed by atoms with van der Waals surface area (Å²) in [6.45, 7) is 0.921. The molecule has 0 radical (unpaired) electrons. The van der Waals surface area contributed by atoms with Crippen molar-refractivity contribution in [3.05, 3.63) is 61.3 Å². The predicted octanol–water partition coefficient (Wildman–Crippen LogP) is 3.21. The van der Waals surface area contributed by atoms with Crippen LogP contribution < -0.4 is 20.5 Å². The molecule has 1 N–H and O–H groups in total. The molecule has 0 bridgehead atoms. The van der Waals surface area contributed by atoms with Crippen LogP contribution in [-0.2, 0) is 39.3 Å². The monoisotopic (exact) mass is 628 g/mol. The maximum Gasteiger partial charge on any atom is 0.530 e. The number of benzene rings is 1. The van der Waals surface area contributed by atoms with Crippen molar-refractivity contribution in [3.8, 4) is 11.5 Å². The van der Waals surface area contributed by atoms with Crippen molar-refractivity contribution in [2.45, 2.75) is 51.2 Å². The summed E-state index contributed by atoms with van der Waals surface area (Å²) in [6, 6.07) is 4.90. The van der Waals surface area contributed by atoms with Crippen LogP contribution in [0, 0.1) is 0 Å². The molecule has 1 unspecified atom stereocenters. The lowest BCUT2D eigenvalue weighted by Gasteiger charge is -2.26. The number of methoxy groups -OCH3 is 1. The Morgan fingerprint density at radius 3 is 2.79 bits per heavy atom. The fraction of sp³-hybridized carbons (Fsp3) is 0.417. The second-order valence-electron chi connectivity index (χ2n) is 8.72. The summed E-state index contributed by atoms with van der Waals surface area (Å²) in [4.78, 5) is 51.9. The molecule has 210 valence electrons. The lowest BCUT2D eigenvalue weighted by Crippen LogP contribution is -2.33. The van der Waals surface area contributed by atoms with Gasteiger partial charge >= 0.3 is 19.5 Å². The van der Waals surface area contributed by atoms with Crippen LogP contribution in [0.15, 0.2) is 39.0 Å². The quantitative estimate of drug-likeness (QED) is 0.304. The molecular weight excluding hydrogens is 603 g/mol. The Hall–Kier alpha value is -3.03. The molecule has 39 heavy (non-hydrogen) atoms. The molecule has 0 amide bonds. The van der Waals surface area contributed by atoms with E-state index in [4.69, 9.17) is 27.8 Å². The number of hydrogen-bond donors (Lipinski definition) is 1. The number of aromatic amines is 1. The zero-order chi connectivity index (χ0) is 28.2. The number of aromatic nitrogens is 2. The molecule has 15 heteroatoms. The largest absolute Gasteiger partial charge is 0.530 e. The first-order chi connectivity index (χ1) is 18.6. The van der Waals surface area contributed by atoms with Crippen LogP contribution in [0.3, 0.4) is 0 Å². The Bertz CT molecular complexity index is 1440. The van der Waals surface area contributed by atoms with E-state index in [0.717, 1.165) is 4.57 Å². The molecule has 1 aromatic carbocycles. The summed E-state index contributed by atoms with van der Waals surface area (Å²) in [5, 5.41) is 0. The summed E-state index contributed by atoms with van der Waals surface area (Å²) in [6.07, 6.45) is -0.260. The van der Waals surface area contributed by atoms with E-state index in [9.17, 15) is 23.7 Å². The van der Waals surface area contributed by atoms with Gasteiger partial charge in [0.25, 0.3) is 5.56 Å². The summed E-state index contributed by atoms with van der Waals surface area (Å²) in [5.41, 5.74) is -0.545. The van der Waals surface area contributed by atoms with Gasteiger partial charge in [-0.1, -0.05) is 15.9 Å². The highest BCUT2D eigenvalue weighted by Gasteiger charge is 2.43. The van der Waals surface area contributed by atoms with Crippen molar-refractivity contribution in [1.82, 2.24) is 9.55 Å². The number of nitrogens with zero attached hydrogens (tertiary/aromatic N) is 1. The smallest absolute Gasteiger partial charge is 0.497 e. The maximum absolute atomic E-state index is 13.2. The number of ether oxygens (including phenoxy) is 3. The minimum absolute atomic E-state index is 0.000296. The fourth-order valence-corrected chi connectivity index (χ4v) is 5.47. The van der Waals surface area contributed by atoms with E-state index in [-0.39, 0.29) is 43.8 Å². The van der Waals surface area contributed by atoms with Gasteiger partial charge < -0.3 is 23.5 Å². The molecule has 1 fully saturated rings. The van der Waals surface area contributed by atoms with E-state index in [1.54, 1.807) is 18.2 Å². The highest BCUT2D eigenvalue weighted by Crippen LogP contribution is 2.55.